The molecule has 1 N–H and O–H groups in total. The number of carbonyl (C=O) groups is 1. The highest BCUT2D eigenvalue weighted by Crippen LogP contribution is 2.42. The Morgan fingerprint density at radius 3 is 2.76 bits per heavy atom. The summed E-state index contributed by atoms with van der Waals surface area (Å²) in [6, 6.07) is 3.43. The maximum absolute atomic E-state index is 12.1. The number of ketones is 1. The SMILES string of the molecule is CC(C)OC[C@H](O)COc1ccc(Cl)c2c1C(=O)C[C@H]2C. The van der Waals surface area contributed by atoms with Crippen molar-refractivity contribution < 1.29 is 19.4 Å². The van der Waals surface area contributed by atoms with Crippen LogP contribution in [0.25, 0.3) is 0 Å². The first-order chi connectivity index (χ1) is 9.90. The average Bonchev–Trinajstić information content (AvgIpc) is 2.72. The van der Waals surface area contributed by atoms with Crippen molar-refractivity contribution in [3.63, 3.8) is 0 Å². The molecule has 0 spiro atoms. The van der Waals surface area contributed by atoms with E-state index in [4.69, 9.17) is 21.1 Å². The minimum Gasteiger partial charge on any atom is -0.490 e. The Balaban J connectivity index is 2.07. The summed E-state index contributed by atoms with van der Waals surface area (Å²) in [7, 11) is 0. The van der Waals surface area contributed by atoms with Gasteiger partial charge in [-0.05, 0) is 37.5 Å². The summed E-state index contributed by atoms with van der Waals surface area (Å²) in [5, 5.41) is 10.4. The van der Waals surface area contributed by atoms with Gasteiger partial charge in [-0.1, -0.05) is 18.5 Å². The predicted octanol–water partition coefficient (Wildman–Crippen LogP) is 3.19. The van der Waals surface area contributed by atoms with Crippen molar-refractivity contribution in [3.05, 3.63) is 28.3 Å². The van der Waals surface area contributed by atoms with Crippen LogP contribution in [0.15, 0.2) is 12.1 Å². The lowest BCUT2D eigenvalue weighted by molar-refractivity contribution is -0.0123. The van der Waals surface area contributed by atoms with E-state index in [1.54, 1.807) is 12.1 Å². The molecule has 1 aliphatic carbocycles. The minimum absolute atomic E-state index is 0.0444. The van der Waals surface area contributed by atoms with Crippen LogP contribution in [0.4, 0.5) is 0 Å². The maximum Gasteiger partial charge on any atom is 0.167 e. The van der Waals surface area contributed by atoms with E-state index in [1.807, 2.05) is 20.8 Å². The number of carbonyl (C=O) groups excluding carboxylic acids is 1. The van der Waals surface area contributed by atoms with Gasteiger partial charge in [0.25, 0.3) is 0 Å². The molecule has 1 aromatic carbocycles. The highest BCUT2D eigenvalue weighted by atomic mass is 35.5. The molecule has 116 valence electrons. The lowest BCUT2D eigenvalue weighted by Gasteiger charge is -2.16. The van der Waals surface area contributed by atoms with E-state index >= 15 is 0 Å². The zero-order valence-electron chi connectivity index (χ0n) is 12.6. The Morgan fingerprint density at radius 2 is 2.10 bits per heavy atom. The molecule has 21 heavy (non-hydrogen) atoms. The summed E-state index contributed by atoms with van der Waals surface area (Å²) >= 11 is 6.17. The van der Waals surface area contributed by atoms with Crippen LogP contribution in [-0.2, 0) is 4.74 Å². The van der Waals surface area contributed by atoms with Gasteiger partial charge in [-0.15, -0.1) is 0 Å². The average molecular weight is 313 g/mol. The van der Waals surface area contributed by atoms with E-state index < -0.39 is 6.10 Å². The molecule has 0 saturated carbocycles. The van der Waals surface area contributed by atoms with Crippen LogP contribution in [0.3, 0.4) is 0 Å². The van der Waals surface area contributed by atoms with Gasteiger partial charge in [-0.25, -0.2) is 0 Å². The Bertz CT molecular complexity index is 527. The fourth-order valence-corrected chi connectivity index (χ4v) is 2.83. The van der Waals surface area contributed by atoms with Crippen LogP contribution >= 0.6 is 11.6 Å². The minimum atomic E-state index is -0.729. The first kappa shape index (κ1) is 16.3. The number of hydrogen-bond donors (Lipinski definition) is 1. The maximum atomic E-state index is 12.1. The number of aliphatic hydroxyl groups excluding tert-OH is 1. The van der Waals surface area contributed by atoms with Crippen LogP contribution in [0.2, 0.25) is 5.02 Å². The van der Waals surface area contributed by atoms with Crippen molar-refractivity contribution in [1.29, 1.82) is 0 Å². The number of fused-ring (bicyclic) bond motifs is 1. The molecule has 0 unspecified atom stereocenters. The second-order valence-electron chi connectivity index (χ2n) is 5.71. The fourth-order valence-electron chi connectivity index (χ4n) is 2.48. The molecule has 0 fully saturated rings. The number of halogens is 1. The van der Waals surface area contributed by atoms with Gasteiger partial charge in [0.1, 0.15) is 18.5 Å². The van der Waals surface area contributed by atoms with Gasteiger partial charge in [-0.2, -0.15) is 0 Å². The van der Waals surface area contributed by atoms with Crippen LogP contribution in [0.1, 0.15) is 49.0 Å². The Kier molecular flexibility index (Phi) is 5.25. The van der Waals surface area contributed by atoms with Crippen molar-refractivity contribution in [2.75, 3.05) is 13.2 Å². The van der Waals surface area contributed by atoms with E-state index in [9.17, 15) is 9.90 Å². The molecule has 1 aliphatic rings. The molecule has 5 heteroatoms. The molecule has 2 atom stereocenters. The molecule has 0 aromatic heterocycles. The summed E-state index contributed by atoms with van der Waals surface area (Å²) in [5.74, 6) is 0.646. The van der Waals surface area contributed by atoms with Crippen LogP contribution in [0, 0.1) is 0 Å². The van der Waals surface area contributed by atoms with E-state index in [-0.39, 0.29) is 31.0 Å². The number of hydrogen-bond acceptors (Lipinski definition) is 4. The summed E-state index contributed by atoms with van der Waals surface area (Å²) in [6.07, 6.45) is -0.219. The number of rotatable bonds is 6. The largest absolute Gasteiger partial charge is 0.490 e. The van der Waals surface area contributed by atoms with Crippen molar-refractivity contribution in [3.8, 4) is 5.75 Å². The van der Waals surface area contributed by atoms with Gasteiger partial charge in [0.15, 0.2) is 5.78 Å². The van der Waals surface area contributed by atoms with Gasteiger partial charge in [-0.3, -0.25) is 4.79 Å². The van der Waals surface area contributed by atoms with Gasteiger partial charge in [0.05, 0.1) is 18.3 Å². The standard InChI is InChI=1S/C16H21ClO4/c1-9(2)20-7-11(18)8-21-14-5-4-12(17)15-10(3)6-13(19)16(14)15/h4-5,9-11,18H,6-8H2,1-3H3/t10-,11+/m1/s1. The summed E-state index contributed by atoms with van der Waals surface area (Å²) in [4.78, 5) is 12.1. The molecule has 0 radical (unpaired) electrons. The van der Waals surface area contributed by atoms with Crippen LogP contribution in [0.5, 0.6) is 5.75 Å². The molecule has 0 bridgehead atoms. The number of aliphatic hydroxyl groups is 1. The summed E-state index contributed by atoms with van der Waals surface area (Å²) in [5.41, 5.74) is 1.42. The van der Waals surface area contributed by atoms with Crippen LogP contribution in [-0.4, -0.2) is 36.3 Å². The van der Waals surface area contributed by atoms with Crippen molar-refractivity contribution in [2.24, 2.45) is 0 Å². The quantitative estimate of drug-likeness (QED) is 0.876. The van der Waals surface area contributed by atoms with E-state index in [2.05, 4.69) is 0 Å². The third-order valence-electron chi connectivity index (χ3n) is 3.47. The van der Waals surface area contributed by atoms with E-state index in [1.165, 1.54) is 0 Å². The first-order valence-corrected chi connectivity index (χ1v) is 7.56. The summed E-state index contributed by atoms with van der Waals surface area (Å²) < 4.78 is 10.9. The molecular weight excluding hydrogens is 292 g/mol. The van der Waals surface area contributed by atoms with Crippen molar-refractivity contribution in [1.82, 2.24) is 0 Å². The zero-order valence-corrected chi connectivity index (χ0v) is 13.3. The molecule has 1 aromatic rings. The Hall–Kier alpha value is -1.10. The van der Waals surface area contributed by atoms with Gasteiger partial charge < -0.3 is 14.6 Å². The van der Waals surface area contributed by atoms with Crippen molar-refractivity contribution >= 4 is 17.4 Å². The second-order valence-corrected chi connectivity index (χ2v) is 6.12. The third kappa shape index (κ3) is 3.76. The molecule has 4 nitrogen and oxygen atoms in total. The molecule has 0 heterocycles. The van der Waals surface area contributed by atoms with Crippen LogP contribution < -0.4 is 4.74 Å². The zero-order chi connectivity index (χ0) is 15.6. The van der Waals surface area contributed by atoms with Gasteiger partial charge in [0.2, 0.25) is 0 Å². The lowest BCUT2D eigenvalue weighted by atomic mass is 10.0. The monoisotopic (exact) mass is 312 g/mol. The smallest absolute Gasteiger partial charge is 0.167 e. The fraction of sp³-hybridized carbons (Fsp3) is 0.562. The molecule has 2 rings (SSSR count). The number of ether oxygens (including phenoxy) is 2. The molecular formula is C16H21ClO4. The topological polar surface area (TPSA) is 55.8 Å². The summed E-state index contributed by atoms with van der Waals surface area (Å²) in [6.45, 7) is 6.07. The third-order valence-corrected chi connectivity index (χ3v) is 3.80. The Morgan fingerprint density at radius 1 is 1.38 bits per heavy atom. The Labute approximate surface area is 130 Å². The lowest BCUT2D eigenvalue weighted by Crippen LogP contribution is -2.25. The highest BCUT2D eigenvalue weighted by molar-refractivity contribution is 6.32. The number of Topliss-reactive ketones (excluding diaryl/α,β-unsaturated/α-hetero) is 1. The first-order valence-electron chi connectivity index (χ1n) is 7.18. The van der Waals surface area contributed by atoms with E-state index in [0.717, 1.165) is 5.56 Å². The predicted molar refractivity (Wildman–Crippen MR) is 81.4 cm³/mol. The molecule has 0 saturated heterocycles. The normalized spacial score (nSPS) is 19.0. The molecule has 0 amide bonds. The number of benzene rings is 1. The van der Waals surface area contributed by atoms with E-state index in [0.29, 0.717) is 22.8 Å². The molecule has 0 aliphatic heterocycles. The second kappa shape index (κ2) is 6.77. The highest BCUT2D eigenvalue weighted by Gasteiger charge is 2.31. The van der Waals surface area contributed by atoms with Crippen molar-refractivity contribution in [2.45, 2.75) is 45.3 Å². The van der Waals surface area contributed by atoms with Gasteiger partial charge >= 0.3 is 0 Å². The van der Waals surface area contributed by atoms with Gasteiger partial charge in [0, 0.05) is 11.4 Å².